The second kappa shape index (κ2) is 4.53. The molecular formula is C12H12F2O. The van der Waals surface area contributed by atoms with Gasteiger partial charge >= 0.3 is 0 Å². The third-order valence-electron chi connectivity index (χ3n) is 2.42. The molecule has 1 fully saturated rings. The maximum atomic E-state index is 13.2. The summed E-state index contributed by atoms with van der Waals surface area (Å²) in [5.41, 5.74) is 0.395. The summed E-state index contributed by atoms with van der Waals surface area (Å²) in [4.78, 5) is 0. The smallest absolute Gasteiger partial charge is 0.133 e. The highest BCUT2D eigenvalue weighted by Crippen LogP contribution is 2.16. The normalized spacial score (nSPS) is 21.3. The highest BCUT2D eigenvalue weighted by atomic mass is 19.1. The maximum Gasteiger partial charge on any atom is 0.133 e. The van der Waals surface area contributed by atoms with Crippen LogP contribution in [0.2, 0.25) is 0 Å². The van der Waals surface area contributed by atoms with E-state index < -0.39 is 11.6 Å². The van der Waals surface area contributed by atoms with Crippen molar-refractivity contribution >= 4 is 6.08 Å². The zero-order valence-electron chi connectivity index (χ0n) is 8.25. The number of hydrogen-bond acceptors (Lipinski definition) is 1. The van der Waals surface area contributed by atoms with Gasteiger partial charge in [-0.2, -0.15) is 0 Å². The minimum atomic E-state index is -0.554. The lowest BCUT2D eigenvalue weighted by molar-refractivity contribution is 0.146. The van der Waals surface area contributed by atoms with Crippen LogP contribution in [0.25, 0.3) is 6.08 Å². The van der Waals surface area contributed by atoms with Crippen molar-refractivity contribution in [2.24, 2.45) is 0 Å². The first-order valence-electron chi connectivity index (χ1n) is 5.00. The van der Waals surface area contributed by atoms with Crippen molar-refractivity contribution < 1.29 is 13.5 Å². The van der Waals surface area contributed by atoms with Crippen LogP contribution in [0, 0.1) is 11.6 Å². The molecule has 0 bridgehead atoms. The summed E-state index contributed by atoms with van der Waals surface area (Å²) in [6.45, 7) is 0.765. The van der Waals surface area contributed by atoms with Gasteiger partial charge in [-0.1, -0.05) is 12.2 Å². The van der Waals surface area contributed by atoms with E-state index in [4.69, 9.17) is 4.74 Å². The van der Waals surface area contributed by atoms with Crippen LogP contribution >= 0.6 is 0 Å². The monoisotopic (exact) mass is 210 g/mol. The SMILES string of the molecule is Fc1ccc(/C=C/C2CCCO2)c(F)c1. The molecule has 15 heavy (non-hydrogen) atoms. The molecule has 1 aromatic carbocycles. The zero-order valence-corrected chi connectivity index (χ0v) is 8.25. The molecule has 0 saturated carbocycles. The van der Waals surface area contributed by atoms with Gasteiger partial charge in [0.2, 0.25) is 0 Å². The first-order valence-corrected chi connectivity index (χ1v) is 5.00. The van der Waals surface area contributed by atoms with E-state index in [0.717, 1.165) is 25.5 Å². The Hall–Kier alpha value is -1.22. The Kier molecular flexibility index (Phi) is 3.11. The lowest BCUT2D eigenvalue weighted by atomic mass is 10.1. The fourth-order valence-corrected chi connectivity index (χ4v) is 1.60. The molecule has 0 aliphatic carbocycles. The van der Waals surface area contributed by atoms with Crippen molar-refractivity contribution in [2.75, 3.05) is 6.61 Å². The molecule has 3 heteroatoms. The van der Waals surface area contributed by atoms with Crippen LogP contribution in [0.5, 0.6) is 0 Å². The van der Waals surface area contributed by atoms with Crippen molar-refractivity contribution in [2.45, 2.75) is 18.9 Å². The summed E-state index contributed by atoms with van der Waals surface area (Å²) in [6, 6.07) is 3.56. The summed E-state index contributed by atoms with van der Waals surface area (Å²) >= 11 is 0. The standard InChI is InChI=1S/C12H12F2O/c13-10-5-3-9(12(14)8-10)4-6-11-2-1-7-15-11/h3-6,8,11H,1-2,7H2/b6-4+. The van der Waals surface area contributed by atoms with Gasteiger partial charge in [-0.3, -0.25) is 0 Å². The quantitative estimate of drug-likeness (QED) is 0.728. The van der Waals surface area contributed by atoms with Crippen LogP contribution in [-0.2, 0) is 4.74 Å². The van der Waals surface area contributed by atoms with E-state index in [-0.39, 0.29) is 6.10 Å². The minimum absolute atomic E-state index is 0.0782. The average molecular weight is 210 g/mol. The van der Waals surface area contributed by atoms with Crippen molar-refractivity contribution in [3.8, 4) is 0 Å². The lowest BCUT2D eigenvalue weighted by Crippen LogP contribution is -1.98. The topological polar surface area (TPSA) is 9.23 Å². The lowest BCUT2D eigenvalue weighted by Gasteiger charge is -2.02. The van der Waals surface area contributed by atoms with E-state index in [2.05, 4.69) is 0 Å². The fraction of sp³-hybridized carbons (Fsp3) is 0.333. The number of halogens is 2. The van der Waals surface area contributed by atoms with Crippen molar-refractivity contribution in [1.29, 1.82) is 0 Å². The minimum Gasteiger partial charge on any atom is -0.374 e. The third-order valence-corrected chi connectivity index (χ3v) is 2.42. The molecule has 1 aromatic rings. The molecule has 2 rings (SSSR count). The molecule has 1 atom stereocenters. The predicted octanol–water partition coefficient (Wildman–Crippen LogP) is 3.16. The molecule has 1 heterocycles. The molecule has 1 nitrogen and oxygen atoms in total. The third kappa shape index (κ3) is 2.63. The summed E-state index contributed by atoms with van der Waals surface area (Å²) in [5.74, 6) is -1.09. The number of benzene rings is 1. The van der Waals surface area contributed by atoms with Crippen LogP contribution < -0.4 is 0 Å². The maximum absolute atomic E-state index is 13.2. The second-order valence-electron chi connectivity index (χ2n) is 3.58. The molecule has 0 N–H and O–H groups in total. The van der Waals surface area contributed by atoms with E-state index in [0.29, 0.717) is 5.56 Å². The Morgan fingerprint density at radius 2 is 2.20 bits per heavy atom. The van der Waals surface area contributed by atoms with Crippen molar-refractivity contribution in [3.05, 3.63) is 41.5 Å². The van der Waals surface area contributed by atoms with Crippen LogP contribution in [0.15, 0.2) is 24.3 Å². The largest absolute Gasteiger partial charge is 0.374 e. The van der Waals surface area contributed by atoms with Crippen LogP contribution in [0.1, 0.15) is 18.4 Å². The fourth-order valence-electron chi connectivity index (χ4n) is 1.60. The Morgan fingerprint density at radius 1 is 1.33 bits per heavy atom. The second-order valence-corrected chi connectivity index (χ2v) is 3.58. The average Bonchev–Trinajstić information content (AvgIpc) is 2.69. The van der Waals surface area contributed by atoms with E-state index in [9.17, 15) is 8.78 Å². The molecule has 0 aromatic heterocycles. The molecule has 1 unspecified atom stereocenters. The van der Waals surface area contributed by atoms with Gasteiger partial charge < -0.3 is 4.74 Å². The first kappa shape index (κ1) is 10.3. The van der Waals surface area contributed by atoms with Crippen molar-refractivity contribution in [3.63, 3.8) is 0 Å². The zero-order chi connectivity index (χ0) is 10.7. The van der Waals surface area contributed by atoms with Gasteiger partial charge in [-0.25, -0.2) is 8.78 Å². The van der Waals surface area contributed by atoms with E-state index in [1.165, 1.54) is 12.1 Å². The molecule has 80 valence electrons. The number of rotatable bonds is 2. The highest BCUT2D eigenvalue weighted by molar-refractivity contribution is 5.50. The number of hydrogen-bond donors (Lipinski definition) is 0. The molecule has 1 saturated heterocycles. The van der Waals surface area contributed by atoms with E-state index in [1.807, 2.05) is 6.08 Å². The first-order chi connectivity index (χ1) is 7.25. The summed E-state index contributed by atoms with van der Waals surface area (Å²) < 4.78 is 31.1. The van der Waals surface area contributed by atoms with E-state index >= 15 is 0 Å². The van der Waals surface area contributed by atoms with E-state index in [1.54, 1.807) is 6.08 Å². The van der Waals surface area contributed by atoms with Gasteiger partial charge in [-0.15, -0.1) is 0 Å². The predicted molar refractivity (Wildman–Crippen MR) is 54.4 cm³/mol. The molecule has 1 aliphatic heterocycles. The molecule has 0 amide bonds. The molecule has 0 spiro atoms. The van der Waals surface area contributed by atoms with Gasteiger partial charge in [0, 0.05) is 18.2 Å². The van der Waals surface area contributed by atoms with Crippen LogP contribution in [0.4, 0.5) is 8.78 Å². The molecule has 0 radical (unpaired) electrons. The Morgan fingerprint density at radius 3 is 2.87 bits per heavy atom. The van der Waals surface area contributed by atoms with Crippen LogP contribution in [0.3, 0.4) is 0 Å². The van der Waals surface area contributed by atoms with Gasteiger partial charge in [-0.05, 0) is 25.0 Å². The molecule has 1 aliphatic rings. The number of ether oxygens (including phenoxy) is 1. The van der Waals surface area contributed by atoms with Crippen LogP contribution in [-0.4, -0.2) is 12.7 Å². The Bertz CT molecular complexity index is 368. The Balaban J connectivity index is 2.09. The summed E-state index contributed by atoms with van der Waals surface area (Å²) in [7, 11) is 0. The van der Waals surface area contributed by atoms with Gasteiger partial charge in [0.15, 0.2) is 0 Å². The Labute approximate surface area is 87.4 Å². The highest BCUT2D eigenvalue weighted by Gasteiger charge is 2.11. The van der Waals surface area contributed by atoms with Crippen molar-refractivity contribution in [1.82, 2.24) is 0 Å². The summed E-state index contributed by atoms with van der Waals surface area (Å²) in [5, 5.41) is 0. The van der Waals surface area contributed by atoms with Gasteiger partial charge in [0.1, 0.15) is 11.6 Å². The van der Waals surface area contributed by atoms with Gasteiger partial charge in [0.25, 0.3) is 0 Å². The molecular weight excluding hydrogens is 198 g/mol. The van der Waals surface area contributed by atoms with Gasteiger partial charge in [0.05, 0.1) is 6.10 Å². The summed E-state index contributed by atoms with van der Waals surface area (Å²) in [6.07, 6.45) is 5.56.